The summed E-state index contributed by atoms with van der Waals surface area (Å²) in [5, 5.41) is 3.99. The Morgan fingerprint density at radius 2 is 2.00 bits per heavy atom. The van der Waals surface area contributed by atoms with E-state index < -0.39 is 0 Å². The smallest absolute Gasteiger partial charge is 0.128 e. The van der Waals surface area contributed by atoms with Gasteiger partial charge in [0.2, 0.25) is 0 Å². The van der Waals surface area contributed by atoms with E-state index in [1.165, 1.54) is 0 Å². The second-order valence-electron chi connectivity index (χ2n) is 4.97. The number of hydrogen-bond acceptors (Lipinski definition) is 3. The Bertz CT molecular complexity index is 379. The number of hydrogen-bond donors (Lipinski definition) is 1. The van der Waals surface area contributed by atoms with Gasteiger partial charge in [0.25, 0.3) is 0 Å². The zero-order chi connectivity index (χ0) is 13.7. The van der Waals surface area contributed by atoms with Crippen LogP contribution in [0, 0.1) is 5.92 Å². The summed E-state index contributed by atoms with van der Waals surface area (Å²) in [4.78, 5) is 6.85. The Kier molecular flexibility index (Phi) is 5.89. The maximum atomic E-state index is 6.16. The normalized spacial score (nSPS) is 12.8. The van der Waals surface area contributed by atoms with Crippen molar-refractivity contribution < 1.29 is 0 Å². The van der Waals surface area contributed by atoms with Crippen LogP contribution in [0.1, 0.15) is 33.4 Å². The molecule has 0 aliphatic carbocycles. The molecule has 0 bridgehead atoms. The van der Waals surface area contributed by atoms with Gasteiger partial charge in [-0.15, -0.1) is 0 Å². The average molecular weight is 270 g/mol. The van der Waals surface area contributed by atoms with Gasteiger partial charge in [0, 0.05) is 19.6 Å². The van der Waals surface area contributed by atoms with Crippen LogP contribution in [-0.2, 0) is 6.54 Å². The van der Waals surface area contributed by atoms with Gasteiger partial charge in [0.05, 0.1) is 10.7 Å². The largest absolute Gasteiger partial charge is 0.357 e. The van der Waals surface area contributed by atoms with Crippen molar-refractivity contribution in [2.45, 2.75) is 40.3 Å². The fourth-order valence-electron chi connectivity index (χ4n) is 1.69. The summed E-state index contributed by atoms with van der Waals surface area (Å²) in [7, 11) is 2.08. The number of pyridine rings is 1. The van der Waals surface area contributed by atoms with Gasteiger partial charge in [-0.2, -0.15) is 0 Å². The van der Waals surface area contributed by atoms with Crippen LogP contribution in [0.25, 0.3) is 0 Å². The van der Waals surface area contributed by atoms with Gasteiger partial charge >= 0.3 is 0 Å². The van der Waals surface area contributed by atoms with Crippen molar-refractivity contribution >= 4 is 17.4 Å². The highest BCUT2D eigenvalue weighted by atomic mass is 35.5. The van der Waals surface area contributed by atoms with Crippen LogP contribution in [0.5, 0.6) is 0 Å². The van der Waals surface area contributed by atoms with Crippen molar-refractivity contribution in [1.29, 1.82) is 0 Å². The Labute approximate surface area is 116 Å². The molecule has 1 heterocycles. The van der Waals surface area contributed by atoms with E-state index in [-0.39, 0.29) is 0 Å². The molecule has 0 radical (unpaired) electrons. The van der Waals surface area contributed by atoms with Crippen LogP contribution >= 0.6 is 11.6 Å². The topological polar surface area (TPSA) is 28.2 Å². The lowest BCUT2D eigenvalue weighted by Crippen LogP contribution is -2.34. The molecule has 3 nitrogen and oxygen atoms in total. The molecule has 18 heavy (non-hydrogen) atoms. The zero-order valence-corrected chi connectivity index (χ0v) is 12.8. The highest BCUT2D eigenvalue weighted by Crippen LogP contribution is 2.21. The number of anilines is 1. The van der Waals surface area contributed by atoms with Gasteiger partial charge in [-0.3, -0.25) is 0 Å². The standard InChI is InChI=1S/C14H24ClN3/c1-6-16-9-13-12(15)7-8-14(17-13)18(5)11(4)10(2)3/h7-8,10-11,16H,6,9H2,1-5H3. The molecule has 0 amide bonds. The van der Waals surface area contributed by atoms with Crippen molar-refractivity contribution in [3.05, 3.63) is 22.8 Å². The molecular formula is C14H24ClN3. The number of halogens is 1. The van der Waals surface area contributed by atoms with Gasteiger partial charge in [0.15, 0.2) is 0 Å². The SMILES string of the molecule is CCNCc1nc(N(C)C(C)C(C)C)ccc1Cl. The van der Waals surface area contributed by atoms with Crippen LogP contribution in [0.4, 0.5) is 5.82 Å². The second kappa shape index (κ2) is 6.95. The van der Waals surface area contributed by atoms with E-state index >= 15 is 0 Å². The van der Waals surface area contributed by atoms with Gasteiger partial charge in [-0.05, 0) is 31.5 Å². The van der Waals surface area contributed by atoms with E-state index in [9.17, 15) is 0 Å². The van der Waals surface area contributed by atoms with E-state index in [2.05, 4.69) is 49.9 Å². The molecule has 1 unspecified atom stereocenters. The van der Waals surface area contributed by atoms with Crippen molar-refractivity contribution in [3.63, 3.8) is 0 Å². The molecule has 102 valence electrons. The number of rotatable bonds is 6. The predicted molar refractivity (Wildman–Crippen MR) is 79.3 cm³/mol. The fourth-order valence-corrected chi connectivity index (χ4v) is 1.86. The van der Waals surface area contributed by atoms with Crippen molar-refractivity contribution in [1.82, 2.24) is 10.3 Å². The molecule has 1 aromatic heterocycles. The minimum absolute atomic E-state index is 0.450. The van der Waals surface area contributed by atoms with E-state index in [1.54, 1.807) is 0 Å². The minimum Gasteiger partial charge on any atom is -0.357 e. The summed E-state index contributed by atoms with van der Waals surface area (Å²) < 4.78 is 0. The van der Waals surface area contributed by atoms with Crippen LogP contribution < -0.4 is 10.2 Å². The molecule has 0 aliphatic rings. The van der Waals surface area contributed by atoms with E-state index in [0.717, 1.165) is 23.1 Å². The highest BCUT2D eigenvalue weighted by molar-refractivity contribution is 6.31. The number of nitrogens with zero attached hydrogens (tertiary/aromatic N) is 2. The lowest BCUT2D eigenvalue weighted by atomic mass is 10.1. The first-order valence-corrected chi connectivity index (χ1v) is 6.94. The maximum absolute atomic E-state index is 6.16. The van der Waals surface area contributed by atoms with Crippen LogP contribution in [0.2, 0.25) is 5.02 Å². The minimum atomic E-state index is 0.450. The Hall–Kier alpha value is -0.800. The van der Waals surface area contributed by atoms with Crippen molar-refractivity contribution in [2.24, 2.45) is 5.92 Å². The highest BCUT2D eigenvalue weighted by Gasteiger charge is 2.15. The van der Waals surface area contributed by atoms with Crippen LogP contribution in [0.15, 0.2) is 12.1 Å². The molecule has 1 aromatic rings. The van der Waals surface area contributed by atoms with E-state index in [0.29, 0.717) is 18.5 Å². The maximum Gasteiger partial charge on any atom is 0.128 e. The van der Waals surface area contributed by atoms with Crippen molar-refractivity contribution in [2.75, 3.05) is 18.5 Å². The Balaban J connectivity index is 2.89. The van der Waals surface area contributed by atoms with Gasteiger partial charge in [-0.1, -0.05) is 32.4 Å². The first-order chi connectivity index (χ1) is 8.47. The number of aromatic nitrogens is 1. The average Bonchev–Trinajstić information content (AvgIpc) is 2.36. The molecule has 1 atom stereocenters. The third-order valence-corrected chi connectivity index (χ3v) is 3.73. The number of nitrogens with one attached hydrogen (secondary N) is 1. The Morgan fingerprint density at radius 3 is 2.56 bits per heavy atom. The zero-order valence-electron chi connectivity index (χ0n) is 12.0. The molecule has 0 aromatic carbocycles. The van der Waals surface area contributed by atoms with Gasteiger partial charge in [0.1, 0.15) is 5.82 Å². The van der Waals surface area contributed by atoms with E-state index in [4.69, 9.17) is 11.6 Å². The van der Waals surface area contributed by atoms with Crippen molar-refractivity contribution in [3.8, 4) is 0 Å². The molecule has 0 fully saturated rings. The Morgan fingerprint density at radius 1 is 1.33 bits per heavy atom. The quantitative estimate of drug-likeness (QED) is 0.859. The third kappa shape index (κ3) is 3.85. The lowest BCUT2D eigenvalue weighted by molar-refractivity contribution is 0.502. The van der Waals surface area contributed by atoms with E-state index in [1.807, 2.05) is 12.1 Å². The summed E-state index contributed by atoms with van der Waals surface area (Å²) in [5.41, 5.74) is 0.916. The molecule has 4 heteroatoms. The summed E-state index contributed by atoms with van der Waals surface area (Å²) in [6.07, 6.45) is 0. The summed E-state index contributed by atoms with van der Waals surface area (Å²) in [6, 6.07) is 4.36. The first kappa shape index (κ1) is 15.3. The fraction of sp³-hybridized carbons (Fsp3) is 0.643. The summed E-state index contributed by atoms with van der Waals surface area (Å²) in [5.74, 6) is 1.57. The predicted octanol–water partition coefficient (Wildman–Crippen LogP) is 3.33. The van der Waals surface area contributed by atoms with Gasteiger partial charge < -0.3 is 10.2 Å². The van der Waals surface area contributed by atoms with Crippen LogP contribution in [0.3, 0.4) is 0 Å². The molecule has 1 N–H and O–H groups in total. The van der Waals surface area contributed by atoms with Gasteiger partial charge in [-0.25, -0.2) is 4.98 Å². The lowest BCUT2D eigenvalue weighted by Gasteiger charge is -2.29. The summed E-state index contributed by atoms with van der Waals surface area (Å²) in [6.45, 7) is 10.4. The second-order valence-corrected chi connectivity index (χ2v) is 5.38. The molecule has 0 aliphatic heterocycles. The molecular weight excluding hydrogens is 246 g/mol. The third-order valence-electron chi connectivity index (χ3n) is 3.38. The molecule has 1 rings (SSSR count). The monoisotopic (exact) mass is 269 g/mol. The molecule has 0 spiro atoms. The summed E-state index contributed by atoms with van der Waals surface area (Å²) >= 11 is 6.16. The molecule has 0 saturated heterocycles. The molecule has 0 saturated carbocycles. The first-order valence-electron chi connectivity index (χ1n) is 6.56. The van der Waals surface area contributed by atoms with Crippen LogP contribution in [-0.4, -0.2) is 24.6 Å².